The van der Waals surface area contributed by atoms with Crippen LogP contribution in [0.5, 0.6) is 5.75 Å². The van der Waals surface area contributed by atoms with Crippen molar-refractivity contribution >= 4 is 11.8 Å². The van der Waals surface area contributed by atoms with Crippen LogP contribution in [0.3, 0.4) is 0 Å². The average molecular weight is 299 g/mol. The van der Waals surface area contributed by atoms with Crippen LogP contribution >= 0.6 is 11.8 Å². The molecular weight excluding hydrogens is 278 g/mol. The standard InChI is InChI=1S/C18H21NOS/c1-2-11-20-15-9-7-13(8-10-15)18(19)17-12-14-5-3-4-6-16(14)21-17/h3-10,17-18H,2,11-12,19H2,1H3. The summed E-state index contributed by atoms with van der Waals surface area (Å²) in [4.78, 5) is 1.38. The first-order valence-corrected chi connectivity index (χ1v) is 8.39. The molecule has 2 unspecified atom stereocenters. The summed E-state index contributed by atoms with van der Waals surface area (Å²) in [5.41, 5.74) is 9.07. The molecule has 0 aliphatic carbocycles. The second-order valence-electron chi connectivity index (χ2n) is 5.41. The van der Waals surface area contributed by atoms with E-state index >= 15 is 0 Å². The molecule has 1 aliphatic rings. The summed E-state index contributed by atoms with van der Waals surface area (Å²) in [7, 11) is 0. The number of ether oxygens (including phenoxy) is 1. The maximum Gasteiger partial charge on any atom is 0.119 e. The summed E-state index contributed by atoms with van der Waals surface area (Å²) in [6.07, 6.45) is 2.08. The maximum atomic E-state index is 6.47. The van der Waals surface area contributed by atoms with E-state index in [1.54, 1.807) is 0 Å². The van der Waals surface area contributed by atoms with Gasteiger partial charge in [0.2, 0.25) is 0 Å². The lowest BCUT2D eigenvalue weighted by Crippen LogP contribution is -2.23. The molecule has 0 amide bonds. The SMILES string of the molecule is CCCOc1ccc(C(N)C2Cc3ccccc3S2)cc1. The highest BCUT2D eigenvalue weighted by atomic mass is 32.2. The Kier molecular flexibility index (Phi) is 4.51. The van der Waals surface area contributed by atoms with Crippen molar-refractivity contribution in [3.63, 3.8) is 0 Å². The second kappa shape index (κ2) is 6.54. The van der Waals surface area contributed by atoms with Crippen molar-refractivity contribution in [3.8, 4) is 5.75 Å². The molecule has 2 aromatic rings. The summed E-state index contributed by atoms with van der Waals surface area (Å²) < 4.78 is 5.62. The van der Waals surface area contributed by atoms with E-state index < -0.39 is 0 Å². The Hall–Kier alpha value is -1.45. The molecule has 0 saturated heterocycles. The van der Waals surface area contributed by atoms with Gasteiger partial charge in [0.15, 0.2) is 0 Å². The lowest BCUT2D eigenvalue weighted by atomic mass is 9.99. The lowest BCUT2D eigenvalue weighted by molar-refractivity contribution is 0.317. The molecule has 2 aromatic carbocycles. The first-order valence-electron chi connectivity index (χ1n) is 7.51. The third-order valence-electron chi connectivity index (χ3n) is 3.81. The van der Waals surface area contributed by atoms with Crippen molar-refractivity contribution in [3.05, 3.63) is 59.7 Å². The highest BCUT2D eigenvalue weighted by Crippen LogP contribution is 2.41. The molecule has 2 atom stereocenters. The number of thioether (sulfide) groups is 1. The smallest absolute Gasteiger partial charge is 0.119 e. The molecule has 2 N–H and O–H groups in total. The number of hydrogen-bond acceptors (Lipinski definition) is 3. The Bertz CT molecular complexity index is 571. The van der Waals surface area contributed by atoms with Crippen LogP contribution in [0.2, 0.25) is 0 Å². The number of nitrogens with two attached hydrogens (primary N) is 1. The van der Waals surface area contributed by atoms with Crippen LogP contribution < -0.4 is 10.5 Å². The molecule has 1 heterocycles. The molecule has 0 fully saturated rings. The minimum absolute atomic E-state index is 0.0580. The zero-order chi connectivity index (χ0) is 14.7. The van der Waals surface area contributed by atoms with E-state index in [1.165, 1.54) is 16.0 Å². The van der Waals surface area contributed by atoms with Crippen LogP contribution in [0.4, 0.5) is 0 Å². The van der Waals surface area contributed by atoms with Crippen molar-refractivity contribution in [2.45, 2.75) is 36.0 Å². The normalized spacial score (nSPS) is 18.3. The van der Waals surface area contributed by atoms with Crippen LogP contribution in [0.1, 0.15) is 30.5 Å². The zero-order valence-corrected chi connectivity index (χ0v) is 13.1. The predicted octanol–water partition coefficient (Wildman–Crippen LogP) is 4.19. The minimum atomic E-state index is 0.0580. The van der Waals surface area contributed by atoms with E-state index in [9.17, 15) is 0 Å². The van der Waals surface area contributed by atoms with E-state index in [1.807, 2.05) is 23.9 Å². The Morgan fingerprint density at radius 1 is 1.19 bits per heavy atom. The fourth-order valence-electron chi connectivity index (χ4n) is 2.63. The van der Waals surface area contributed by atoms with Crippen LogP contribution in [0, 0.1) is 0 Å². The van der Waals surface area contributed by atoms with E-state index in [0.717, 1.165) is 25.2 Å². The molecule has 0 bridgehead atoms. The van der Waals surface area contributed by atoms with Gasteiger partial charge in [0.05, 0.1) is 6.61 Å². The van der Waals surface area contributed by atoms with Crippen molar-refractivity contribution in [1.82, 2.24) is 0 Å². The summed E-state index contributed by atoms with van der Waals surface area (Å²) >= 11 is 1.90. The van der Waals surface area contributed by atoms with Crippen molar-refractivity contribution in [1.29, 1.82) is 0 Å². The zero-order valence-electron chi connectivity index (χ0n) is 12.3. The monoisotopic (exact) mass is 299 g/mol. The highest BCUT2D eigenvalue weighted by Gasteiger charge is 2.27. The first-order chi connectivity index (χ1) is 10.3. The van der Waals surface area contributed by atoms with Gasteiger partial charge in [-0.3, -0.25) is 0 Å². The molecule has 0 radical (unpaired) electrons. The topological polar surface area (TPSA) is 35.2 Å². The molecule has 0 spiro atoms. The largest absolute Gasteiger partial charge is 0.494 e. The summed E-state index contributed by atoms with van der Waals surface area (Å²) in [6.45, 7) is 2.87. The summed E-state index contributed by atoms with van der Waals surface area (Å²) in [5.74, 6) is 0.926. The van der Waals surface area contributed by atoms with Crippen molar-refractivity contribution < 1.29 is 4.74 Å². The fourth-order valence-corrected chi connectivity index (χ4v) is 3.98. The van der Waals surface area contributed by atoms with Crippen LogP contribution in [0.15, 0.2) is 53.4 Å². The molecule has 21 heavy (non-hydrogen) atoms. The van der Waals surface area contributed by atoms with Crippen molar-refractivity contribution in [2.24, 2.45) is 5.73 Å². The first kappa shape index (κ1) is 14.5. The molecule has 0 saturated carbocycles. The van der Waals surface area contributed by atoms with Gasteiger partial charge in [0, 0.05) is 16.2 Å². The van der Waals surface area contributed by atoms with E-state index in [4.69, 9.17) is 10.5 Å². The highest BCUT2D eigenvalue weighted by molar-refractivity contribution is 8.00. The van der Waals surface area contributed by atoms with Gasteiger partial charge in [0.25, 0.3) is 0 Å². The van der Waals surface area contributed by atoms with Gasteiger partial charge >= 0.3 is 0 Å². The van der Waals surface area contributed by atoms with Gasteiger partial charge in [-0.1, -0.05) is 37.3 Å². The van der Waals surface area contributed by atoms with Gasteiger partial charge in [-0.2, -0.15) is 0 Å². The molecule has 2 nitrogen and oxygen atoms in total. The van der Waals surface area contributed by atoms with Crippen LogP contribution in [-0.4, -0.2) is 11.9 Å². The lowest BCUT2D eigenvalue weighted by Gasteiger charge is -2.19. The van der Waals surface area contributed by atoms with Crippen LogP contribution in [0.25, 0.3) is 0 Å². The molecule has 110 valence electrons. The van der Waals surface area contributed by atoms with Gasteiger partial charge in [0.1, 0.15) is 5.75 Å². The fraction of sp³-hybridized carbons (Fsp3) is 0.333. The Labute approximate surface area is 130 Å². The summed E-state index contributed by atoms with van der Waals surface area (Å²) in [6, 6.07) is 16.9. The van der Waals surface area contributed by atoms with Crippen molar-refractivity contribution in [2.75, 3.05) is 6.61 Å². The minimum Gasteiger partial charge on any atom is -0.494 e. The average Bonchev–Trinajstić information content (AvgIpc) is 2.96. The quantitative estimate of drug-likeness (QED) is 0.899. The number of hydrogen-bond donors (Lipinski definition) is 1. The second-order valence-corrected chi connectivity index (χ2v) is 6.69. The third kappa shape index (κ3) is 3.25. The number of benzene rings is 2. The third-order valence-corrected chi connectivity index (χ3v) is 5.23. The summed E-state index contributed by atoms with van der Waals surface area (Å²) in [5, 5.41) is 0.421. The van der Waals surface area contributed by atoms with Gasteiger partial charge in [-0.05, 0) is 42.2 Å². The van der Waals surface area contributed by atoms with E-state index in [2.05, 4.69) is 43.3 Å². The van der Waals surface area contributed by atoms with E-state index in [-0.39, 0.29) is 6.04 Å². The Balaban J connectivity index is 1.67. The van der Waals surface area contributed by atoms with Crippen LogP contribution in [-0.2, 0) is 6.42 Å². The van der Waals surface area contributed by atoms with Gasteiger partial charge in [-0.15, -0.1) is 11.8 Å². The number of fused-ring (bicyclic) bond motifs is 1. The van der Waals surface area contributed by atoms with Gasteiger partial charge < -0.3 is 10.5 Å². The molecular formula is C18H21NOS. The Morgan fingerprint density at radius 3 is 2.67 bits per heavy atom. The molecule has 3 rings (SSSR count). The molecule has 0 aromatic heterocycles. The molecule has 3 heteroatoms. The maximum absolute atomic E-state index is 6.47. The number of rotatable bonds is 5. The van der Waals surface area contributed by atoms with Gasteiger partial charge in [-0.25, -0.2) is 0 Å². The Morgan fingerprint density at radius 2 is 1.95 bits per heavy atom. The van der Waals surface area contributed by atoms with E-state index in [0.29, 0.717) is 5.25 Å². The predicted molar refractivity (Wildman–Crippen MR) is 88.9 cm³/mol. The molecule has 1 aliphatic heterocycles.